The van der Waals surface area contributed by atoms with Crippen molar-refractivity contribution in [3.8, 4) is 5.75 Å². The van der Waals surface area contributed by atoms with Crippen molar-refractivity contribution in [1.29, 1.82) is 0 Å². The van der Waals surface area contributed by atoms with E-state index in [1.165, 1.54) is 12.1 Å². The van der Waals surface area contributed by atoms with Crippen molar-refractivity contribution in [2.24, 2.45) is 5.73 Å². The van der Waals surface area contributed by atoms with E-state index in [2.05, 4.69) is 5.32 Å². The van der Waals surface area contributed by atoms with Crippen LogP contribution in [-0.4, -0.2) is 23.6 Å². The fourth-order valence-corrected chi connectivity index (χ4v) is 1.55. The summed E-state index contributed by atoms with van der Waals surface area (Å²) in [7, 11) is 0. The highest BCUT2D eigenvalue weighted by molar-refractivity contribution is 5.94. The van der Waals surface area contributed by atoms with Gasteiger partial charge < -0.3 is 16.2 Å². The van der Waals surface area contributed by atoms with Crippen LogP contribution in [0.2, 0.25) is 0 Å². The number of aromatic hydroxyl groups is 1. The molecule has 0 aliphatic carbocycles. The quantitative estimate of drug-likeness (QED) is 0.728. The van der Waals surface area contributed by atoms with Crippen LogP contribution in [0.1, 0.15) is 30.1 Å². The van der Waals surface area contributed by atoms with Crippen molar-refractivity contribution in [3.63, 3.8) is 0 Å². The number of carbonyl (C=O) groups excluding carboxylic acids is 1. The number of amides is 1. The number of phenols is 1. The van der Waals surface area contributed by atoms with Gasteiger partial charge in [-0.2, -0.15) is 0 Å². The Morgan fingerprint density at radius 3 is 2.82 bits per heavy atom. The minimum absolute atomic E-state index is 0.0858. The molecule has 1 atom stereocenters. The number of benzene rings is 1. The number of nitrogens with one attached hydrogen (secondary N) is 1. The third-order valence-corrected chi connectivity index (χ3v) is 2.45. The van der Waals surface area contributed by atoms with Crippen molar-refractivity contribution in [2.45, 2.75) is 25.8 Å². The van der Waals surface area contributed by atoms with Gasteiger partial charge in [0.05, 0.1) is 5.56 Å². The van der Waals surface area contributed by atoms with Crippen molar-refractivity contribution < 1.29 is 14.3 Å². The Hall–Kier alpha value is -1.62. The predicted molar refractivity (Wildman–Crippen MR) is 63.3 cm³/mol. The summed E-state index contributed by atoms with van der Waals surface area (Å²) in [5.74, 6) is -1.45. The Kier molecular flexibility index (Phi) is 4.90. The van der Waals surface area contributed by atoms with E-state index in [1.54, 1.807) is 0 Å². The second-order valence-electron chi connectivity index (χ2n) is 3.86. The second-order valence-corrected chi connectivity index (χ2v) is 3.86. The lowest BCUT2D eigenvalue weighted by Gasteiger charge is -2.16. The molecule has 0 saturated heterocycles. The number of nitrogens with two attached hydrogens (primary N) is 1. The average molecular weight is 240 g/mol. The van der Waals surface area contributed by atoms with E-state index in [0.717, 1.165) is 18.9 Å². The molecule has 0 heterocycles. The topological polar surface area (TPSA) is 75.3 Å². The molecule has 0 aliphatic heterocycles. The predicted octanol–water partition coefficient (Wildman–Crippen LogP) is 1.39. The van der Waals surface area contributed by atoms with Gasteiger partial charge >= 0.3 is 0 Å². The van der Waals surface area contributed by atoms with E-state index in [0.29, 0.717) is 6.54 Å². The average Bonchev–Trinajstić information content (AvgIpc) is 2.28. The zero-order valence-electron chi connectivity index (χ0n) is 9.74. The standard InChI is InChI=1S/C12H17FN2O2/c1-2-3-8(7-14)15-12(17)10-5-4-9(16)6-11(10)13/h4-6,8,16H,2-3,7,14H2,1H3,(H,15,17). The molecule has 1 aromatic rings. The van der Waals surface area contributed by atoms with Gasteiger partial charge in [-0.1, -0.05) is 13.3 Å². The minimum Gasteiger partial charge on any atom is -0.508 e. The largest absolute Gasteiger partial charge is 0.508 e. The molecule has 5 heteroatoms. The van der Waals surface area contributed by atoms with Gasteiger partial charge in [0.2, 0.25) is 0 Å². The molecule has 0 bridgehead atoms. The number of hydrogen-bond acceptors (Lipinski definition) is 3. The highest BCUT2D eigenvalue weighted by Crippen LogP contribution is 2.15. The van der Waals surface area contributed by atoms with Crippen LogP contribution in [0.5, 0.6) is 5.75 Å². The fraction of sp³-hybridized carbons (Fsp3) is 0.417. The first kappa shape index (κ1) is 13.4. The highest BCUT2D eigenvalue weighted by atomic mass is 19.1. The summed E-state index contributed by atoms with van der Waals surface area (Å²) in [5, 5.41) is 11.7. The third kappa shape index (κ3) is 3.71. The Morgan fingerprint density at radius 1 is 1.59 bits per heavy atom. The fourth-order valence-electron chi connectivity index (χ4n) is 1.55. The molecule has 1 amide bonds. The molecule has 0 fully saturated rings. The molecule has 4 nitrogen and oxygen atoms in total. The molecular formula is C12H17FN2O2. The number of rotatable bonds is 5. The second kappa shape index (κ2) is 6.20. The first-order valence-corrected chi connectivity index (χ1v) is 5.58. The summed E-state index contributed by atoms with van der Waals surface area (Å²) in [6, 6.07) is 3.28. The smallest absolute Gasteiger partial charge is 0.254 e. The van der Waals surface area contributed by atoms with Gasteiger partial charge in [-0.25, -0.2) is 4.39 Å². The van der Waals surface area contributed by atoms with Crippen LogP contribution in [0, 0.1) is 5.82 Å². The maximum Gasteiger partial charge on any atom is 0.254 e. The van der Waals surface area contributed by atoms with Crippen LogP contribution < -0.4 is 11.1 Å². The van der Waals surface area contributed by atoms with Gasteiger partial charge in [0, 0.05) is 18.7 Å². The number of halogens is 1. The molecule has 94 valence electrons. The Balaban J connectivity index is 2.75. The van der Waals surface area contributed by atoms with Crippen LogP contribution in [0.4, 0.5) is 4.39 Å². The first-order valence-electron chi connectivity index (χ1n) is 5.58. The molecule has 0 saturated carbocycles. The van der Waals surface area contributed by atoms with Crippen molar-refractivity contribution in [3.05, 3.63) is 29.6 Å². The molecule has 1 aromatic carbocycles. The highest BCUT2D eigenvalue weighted by Gasteiger charge is 2.15. The maximum atomic E-state index is 13.4. The molecule has 1 rings (SSSR count). The molecule has 4 N–H and O–H groups in total. The maximum absolute atomic E-state index is 13.4. The first-order chi connectivity index (χ1) is 8.08. The van der Waals surface area contributed by atoms with E-state index in [1.807, 2.05) is 6.92 Å². The van der Waals surface area contributed by atoms with Crippen LogP contribution in [-0.2, 0) is 0 Å². The van der Waals surface area contributed by atoms with Crippen molar-refractivity contribution in [2.75, 3.05) is 6.54 Å². The lowest BCUT2D eigenvalue weighted by molar-refractivity contribution is 0.0932. The molecule has 1 unspecified atom stereocenters. The summed E-state index contributed by atoms with van der Waals surface area (Å²) in [4.78, 5) is 11.7. The van der Waals surface area contributed by atoms with Crippen LogP contribution in [0.15, 0.2) is 18.2 Å². The Labute approximate surface area is 99.6 Å². The molecule has 17 heavy (non-hydrogen) atoms. The lowest BCUT2D eigenvalue weighted by Crippen LogP contribution is -2.40. The normalized spacial score (nSPS) is 12.2. The summed E-state index contributed by atoms with van der Waals surface area (Å²) in [5.41, 5.74) is 5.41. The van der Waals surface area contributed by atoms with Crippen LogP contribution in [0.25, 0.3) is 0 Å². The minimum atomic E-state index is -0.741. The Bertz CT molecular complexity index is 396. The van der Waals surface area contributed by atoms with E-state index in [9.17, 15) is 9.18 Å². The van der Waals surface area contributed by atoms with Crippen molar-refractivity contribution in [1.82, 2.24) is 5.32 Å². The number of hydrogen-bond donors (Lipinski definition) is 3. The zero-order chi connectivity index (χ0) is 12.8. The van der Waals surface area contributed by atoms with E-state index >= 15 is 0 Å². The Morgan fingerprint density at radius 2 is 2.29 bits per heavy atom. The third-order valence-electron chi connectivity index (χ3n) is 2.45. The lowest BCUT2D eigenvalue weighted by atomic mass is 10.1. The summed E-state index contributed by atoms with van der Waals surface area (Å²) in [6.07, 6.45) is 1.64. The molecule has 0 aliphatic rings. The van der Waals surface area contributed by atoms with E-state index in [-0.39, 0.29) is 17.4 Å². The zero-order valence-corrected chi connectivity index (χ0v) is 9.74. The van der Waals surface area contributed by atoms with Gasteiger partial charge in [0.15, 0.2) is 0 Å². The van der Waals surface area contributed by atoms with E-state index < -0.39 is 11.7 Å². The number of carbonyl (C=O) groups is 1. The van der Waals surface area contributed by atoms with Gasteiger partial charge in [-0.05, 0) is 18.6 Å². The van der Waals surface area contributed by atoms with Crippen LogP contribution >= 0.6 is 0 Å². The van der Waals surface area contributed by atoms with Gasteiger partial charge in [-0.3, -0.25) is 4.79 Å². The summed E-state index contributed by atoms with van der Waals surface area (Å²) < 4.78 is 13.4. The summed E-state index contributed by atoms with van der Waals surface area (Å²) in [6.45, 7) is 2.30. The molecule has 0 spiro atoms. The SMILES string of the molecule is CCCC(CN)NC(=O)c1ccc(O)cc1F. The van der Waals surface area contributed by atoms with Gasteiger partial charge in [0.25, 0.3) is 5.91 Å². The van der Waals surface area contributed by atoms with Gasteiger partial charge in [0.1, 0.15) is 11.6 Å². The monoisotopic (exact) mass is 240 g/mol. The molecular weight excluding hydrogens is 223 g/mol. The van der Waals surface area contributed by atoms with Gasteiger partial charge in [-0.15, -0.1) is 0 Å². The molecule has 0 aromatic heterocycles. The van der Waals surface area contributed by atoms with Crippen LogP contribution in [0.3, 0.4) is 0 Å². The molecule has 0 radical (unpaired) electrons. The van der Waals surface area contributed by atoms with E-state index in [4.69, 9.17) is 10.8 Å². The number of phenolic OH excluding ortho intramolecular Hbond substituents is 1. The van der Waals surface area contributed by atoms with Crippen molar-refractivity contribution >= 4 is 5.91 Å². The summed E-state index contributed by atoms with van der Waals surface area (Å²) >= 11 is 0.